The molecule has 20 heavy (non-hydrogen) atoms. The predicted molar refractivity (Wildman–Crippen MR) is 86.0 cm³/mol. The zero-order valence-corrected chi connectivity index (χ0v) is 12.9. The molecule has 2 fully saturated rings. The van der Waals surface area contributed by atoms with Crippen molar-refractivity contribution in [3.05, 3.63) is 35.4 Å². The second kappa shape index (κ2) is 6.76. The molecule has 1 unspecified atom stereocenters. The molecular weight excluding hydrogens is 242 g/mol. The number of nitrogens with one attached hydrogen (secondary N) is 1. The highest BCUT2D eigenvalue weighted by Crippen LogP contribution is 2.37. The first-order chi connectivity index (χ1) is 9.86. The lowest BCUT2D eigenvalue weighted by atomic mass is 9.79. The van der Waals surface area contributed by atoms with Gasteiger partial charge in [-0.25, -0.2) is 0 Å². The molecule has 0 saturated heterocycles. The van der Waals surface area contributed by atoms with Gasteiger partial charge < -0.3 is 5.32 Å². The van der Waals surface area contributed by atoms with E-state index in [1.807, 2.05) is 0 Å². The van der Waals surface area contributed by atoms with Crippen LogP contribution in [0.5, 0.6) is 0 Å². The van der Waals surface area contributed by atoms with Crippen LogP contribution in [0.2, 0.25) is 0 Å². The molecule has 1 aromatic carbocycles. The third-order valence-corrected chi connectivity index (χ3v) is 5.60. The third-order valence-electron chi connectivity index (χ3n) is 5.60. The molecule has 1 nitrogen and oxygen atoms in total. The van der Waals surface area contributed by atoms with Crippen molar-refractivity contribution in [2.45, 2.75) is 69.7 Å². The average Bonchev–Trinajstić information content (AvgIpc) is 2.92. The summed E-state index contributed by atoms with van der Waals surface area (Å²) >= 11 is 0. The summed E-state index contributed by atoms with van der Waals surface area (Å²) in [5.41, 5.74) is 3.04. The smallest absolute Gasteiger partial charge is 0.0317 e. The summed E-state index contributed by atoms with van der Waals surface area (Å²) in [6.45, 7) is 0. The molecule has 2 saturated carbocycles. The van der Waals surface area contributed by atoms with Crippen molar-refractivity contribution in [3.63, 3.8) is 0 Å². The summed E-state index contributed by atoms with van der Waals surface area (Å²) in [5, 5.41) is 3.52. The molecule has 0 spiro atoms. The quantitative estimate of drug-likeness (QED) is 0.751. The number of hydrogen-bond acceptors (Lipinski definition) is 1. The van der Waals surface area contributed by atoms with E-state index in [2.05, 4.69) is 36.6 Å². The molecule has 1 heteroatoms. The number of rotatable bonds is 6. The summed E-state index contributed by atoms with van der Waals surface area (Å²) < 4.78 is 0. The molecule has 110 valence electrons. The van der Waals surface area contributed by atoms with Crippen LogP contribution in [-0.2, 0) is 0 Å². The Labute approximate surface area is 124 Å². The van der Waals surface area contributed by atoms with E-state index in [1.54, 1.807) is 5.56 Å². The molecule has 1 atom stereocenters. The van der Waals surface area contributed by atoms with E-state index < -0.39 is 0 Å². The lowest BCUT2D eigenvalue weighted by Gasteiger charge is -2.26. The molecule has 0 aliphatic heterocycles. The SMILES string of the molecule is CNC(CCC1CCCC1)c1ccc(C2CCC2)cc1. The average molecular weight is 271 g/mol. The highest BCUT2D eigenvalue weighted by molar-refractivity contribution is 5.28. The Hall–Kier alpha value is -0.820. The summed E-state index contributed by atoms with van der Waals surface area (Å²) in [7, 11) is 2.11. The minimum atomic E-state index is 0.547. The van der Waals surface area contributed by atoms with Gasteiger partial charge >= 0.3 is 0 Å². The van der Waals surface area contributed by atoms with E-state index in [0.29, 0.717) is 6.04 Å². The van der Waals surface area contributed by atoms with Gasteiger partial charge in [0.1, 0.15) is 0 Å². The second-order valence-electron chi connectivity index (χ2n) is 6.86. The van der Waals surface area contributed by atoms with Crippen LogP contribution in [0.3, 0.4) is 0 Å². The molecular formula is C19H29N. The van der Waals surface area contributed by atoms with Gasteiger partial charge in [0.25, 0.3) is 0 Å². The van der Waals surface area contributed by atoms with E-state index in [4.69, 9.17) is 0 Å². The maximum Gasteiger partial charge on any atom is 0.0317 e. The first-order valence-electron chi connectivity index (χ1n) is 8.64. The summed E-state index contributed by atoms with van der Waals surface area (Å²) in [4.78, 5) is 0. The van der Waals surface area contributed by atoms with Crippen LogP contribution < -0.4 is 5.32 Å². The monoisotopic (exact) mass is 271 g/mol. The van der Waals surface area contributed by atoms with E-state index in [9.17, 15) is 0 Å². The summed E-state index contributed by atoms with van der Waals surface area (Å²) in [6, 6.07) is 10.0. The Bertz CT molecular complexity index is 398. The van der Waals surface area contributed by atoms with Crippen LogP contribution in [0.1, 0.15) is 80.9 Å². The predicted octanol–water partition coefficient (Wildman–Crippen LogP) is 5.19. The van der Waals surface area contributed by atoms with Crippen molar-refractivity contribution in [1.29, 1.82) is 0 Å². The lowest BCUT2D eigenvalue weighted by molar-refractivity contribution is 0.418. The molecule has 0 aromatic heterocycles. The zero-order valence-electron chi connectivity index (χ0n) is 12.9. The van der Waals surface area contributed by atoms with Gasteiger partial charge in [0.05, 0.1) is 0 Å². The topological polar surface area (TPSA) is 12.0 Å². The largest absolute Gasteiger partial charge is 0.313 e. The number of benzene rings is 1. The van der Waals surface area contributed by atoms with E-state index in [1.165, 1.54) is 63.4 Å². The van der Waals surface area contributed by atoms with Crippen LogP contribution in [0.15, 0.2) is 24.3 Å². The van der Waals surface area contributed by atoms with Crippen LogP contribution >= 0.6 is 0 Å². The normalized spacial score (nSPS) is 21.9. The standard InChI is InChI=1S/C19H29N/c1-20-19(14-9-15-5-2-3-6-15)18-12-10-17(11-13-18)16-7-4-8-16/h10-13,15-16,19-20H,2-9,14H2,1H3. The van der Waals surface area contributed by atoms with Crippen LogP contribution in [-0.4, -0.2) is 7.05 Å². The van der Waals surface area contributed by atoms with E-state index in [0.717, 1.165) is 11.8 Å². The van der Waals surface area contributed by atoms with Crippen LogP contribution in [0, 0.1) is 5.92 Å². The highest BCUT2D eigenvalue weighted by Gasteiger charge is 2.20. The molecule has 0 heterocycles. The van der Waals surface area contributed by atoms with Gasteiger partial charge in [0.15, 0.2) is 0 Å². The van der Waals surface area contributed by atoms with Crippen molar-refractivity contribution in [2.75, 3.05) is 7.05 Å². The molecule has 0 radical (unpaired) electrons. The number of hydrogen-bond donors (Lipinski definition) is 1. The molecule has 0 amide bonds. The molecule has 1 aromatic rings. The summed E-state index contributed by atoms with van der Waals surface area (Å²) in [6.07, 6.45) is 12.8. The second-order valence-corrected chi connectivity index (χ2v) is 6.86. The van der Waals surface area contributed by atoms with Crippen molar-refractivity contribution in [3.8, 4) is 0 Å². The van der Waals surface area contributed by atoms with Crippen molar-refractivity contribution >= 4 is 0 Å². The van der Waals surface area contributed by atoms with Gasteiger partial charge in [-0.3, -0.25) is 0 Å². The maximum atomic E-state index is 3.52. The van der Waals surface area contributed by atoms with Crippen LogP contribution in [0.4, 0.5) is 0 Å². The Morgan fingerprint density at radius 2 is 1.70 bits per heavy atom. The van der Waals surface area contributed by atoms with Crippen molar-refractivity contribution < 1.29 is 0 Å². The first kappa shape index (κ1) is 14.1. The van der Waals surface area contributed by atoms with Crippen LogP contribution in [0.25, 0.3) is 0 Å². The van der Waals surface area contributed by atoms with Gasteiger partial charge in [-0.1, -0.05) is 56.4 Å². The maximum absolute atomic E-state index is 3.52. The van der Waals surface area contributed by atoms with E-state index in [-0.39, 0.29) is 0 Å². The van der Waals surface area contributed by atoms with Gasteiger partial charge in [-0.15, -0.1) is 0 Å². The minimum absolute atomic E-state index is 0.547. The van der Waals surface area contributed by atoms with Crippen molar-refractivity contribution in [1.82, 2.24) is 5.32 Å². The van der Waals surface area contributed by atoms with Gasteiger partial charge in [-0.2, -0.15) is 0 Å². The molecule has 3 rings (SSSR count). The zero-order chi connectivity index (χ0) is 13.8. The Morgan fingerprint density at radius 3 is 2.25 bits per heavy atom. The molecule has 1 N–H and O–H groups in total. The van der Waals surface area contributed by atoms with Gasteiger partial charge in [-0.05, 0) is 55.7 Å². The lowest BCUT2D eigenvalue weighted by Crippen LogP contribution is -2.17. The molecule has 2 aliphatic carbocycles. The van der Waals surface area contributed by atoms with E-state index >= 15 is 0 Å². The van der Waals surface area contributed by atoms with Gasteiger partial charge in [0, 0.05) is 6.04 Å². The Kier molecular flexibility index (Phi) is 4.77. The Balaban J connectivity index is 1.56. The first-order valence-corrected chi connectivity index (χ1v) is 8.64. The molecule has 0 bridgehead atoms. The third kappa shape index (κ3) is 3.25. The summed E-state index contributed by atoms with van der Waals surface area (Å²) in [5.74, 6) is 1.86. The fourth-order valence-electron chi connectivity index (χ4n) is 3.92. The van der Waals surface area contributed by atoms with Gasteiger partial charge in [0.2, 0.25) is 0 Å². The van der Waals surface area contributed by atoms with Crippen molar-refractivity contribution in [2.24, 2.45) is 5.92 Å². The fraction of sp³-hybridized carbons (Fsp3) is 0.684. The fourth-order valence-corrected chi connectivity index (χ4v) is 3.92. The highest BCUT2D eigenvalue weighted by atomic mass is 14.9. The Morgan fingerprint density at radius 1 is 1.00 bits per heavy atom. The minimum Gasteiger partial charge on any atom is -0.313 e. The molecule has 2 aliphatic rings.